The first-order valence-corrected chi connectivity index (χ1v) is 6.50. The standard InChI is InChI=1S/C13H13F3N4O/c14-13(15,16)12-19-8-6-7(17)3-4-9(8)20(12)10-2-1-5-18-11(10)21/h3-4,6,10H,1-2,5,17H2,(H,18,21). The normalized spacial score (nSPS) is 19.8. The van der Waals surface area contributed by atoms with Gasteiger partial charge in [0.05, 0.1) is 11.0 Å². The van der Waals surface area contributed by atoms with E-state index in [1.54, 1.807) is 0 Å². The number of nitrogens with zero attached hydrogens (tertiary/aromatic N) is 2. The van der Waals surface area contributed by atoms with E-state index in [4.69, 9.17) is 5.73 Å². The predicted octanol–water partition coefficient (Wildman–Crippen LogP) is 2.09. The molecule has 1 aliphatic rings. The van der Waals surface area contributed by atoms with Gasteiger partial charge in [0.1, 0.15) is 6.04 Å². The predicted molar refractivity (Wildman–Crippen MR) is 70.4 cm³/mol. The third-order valence-corrected chi connectivity index (χ3v) is 3.53. The summed E-state index contributed by atoms with van der Waals surface area (Å²) in [4.78, 5) is 15.6. The maximum absolute atomic E-state index is 13.2. The molecular formula is C13H13F3N4O. The van der Waals surface area contributed by atoms with Gasteiger partial charge < -0.3 is 15.6 Å². The molecule has 1 saturated heterocycles. The molecule has 21 heavy (non-hydrogen) atoms. The molecular weight excluding hydrogens is 285 g/mol. The highest BCUT2D eigenvalue weighted by Gasteiger charge is 2.41. The van der Waals surface area contributed by atoms with E-state index < -0.39 is 23.9 Å². The highest BCUT2D eigenvalue weighted by Crippen LogP contribution is 2.36. The quantitative estimate of drug-likeness (QED) is 0.792. The van der Waals surface area contributed by atoms with Gasteiger partial charge in [-0.25, -0.2) is 4.98 Å². The lowest BCUT2D eigenvalue weighted by molar-refractivity contribution is -0.148. The first kappa shape index (κ1) is 13.7. The number of nitrogens with one attached hydrogen (secondary N) is 1. The number of imidazole rings is 1. The summed E-state index contributed by atoms with van der Waals surface area (Å²) in [5, 5.41) is 2.60. The number of nitrogens with two attached hydrogens (primary N) is 1. The lowest BCUT2D eigenvalue weighted by Gasteiger charge is -2.25. The van der Waals surface area contributed by atoms with Crippen LogP contribution in [0.15, 0.2) is 18.2 Å². The van der Waals surface area contributed by atoms with Crippen molar-refractivity contribution in [3.8, 4) is 0 Å². The number of amides is 1. The summed E-state index contributed by atoms with van der Waals surface area (Å²) in [5.74, 6) is -1.48. The number of hydrogen-bond acceptors (Lipinski definition) is 3. The molecule has 0 saturated carbocycles. The SMILES string of the molecule is Nc1ccc2c(c1)nc(C(F)(F)F)n2C1CCCNC1=O. The molecule has 1 aliphatic heterocycles. The van der Waals surface area contributed by atoms with Crippen LogP contribution in [0, 0.1) is 0 Å². The second-order valence-corrected chi connectivity index (χ2v) is 5.00. The first-order chi connectivity index (χ1) is 9.88. The lowest BCUT2D eigenvalue weighted by Crippen LogP contribution is -2.39. The van der Waals surface area contributed by atoms with E-state index in [0.717, 1.165) is 4.57 Å². The summed E-state index contributed by atoms with van der Waals surface area (Å²) in [6, 6.07) is 3.45. The second kappa shape index (κ2) is 4.64. The Bertz CT molecular complexity index is 707. The van der Waals surface area contributed by atoms with Crippen LogP contribution in [0.1, 0.15) is 24.7 Å². The largest absolute Gasteiger partial charge is 0.449 e. The van der Waals surface area contributed by atoms with Crippen LogP contribution >= 0.6 is 0 Å². The molecule has 0 aliphatic carbocycles. The Kier molecular flexibility index (Phi) is 3.03. The van der Waals surface area contributed by atoms with Crippen molar-refractivity contribution in [1.82, 2.24) is 14.9 Å². The summed E-state index contributed by atoms with van der Waals surface area (Å²) < 4.78 is 40.6. The van der Waals surface area contributed by atoms with Crippen LogP contribution in [-0.4, -0.2) is 22.0 Å². The van der Waals surface area contributed by atoms with E-state index in [1.807, 2.05) is 0 Å². The monoisotopic (exact) mass is 298 g/mol. The van der Waals surface area contributed by atoms with Crippen molar-refractivity contribution in [3.05, 3.63) is 24.0 Å². The van der Waals surface area contributed by atoms with Gasteiger partial charge in [0.15, 0.2) is 0 Å². The minimum atomic E-state index is -4.63. The minimum absolute atomic E-state index is 0.140. The van der Waals surface area contributed by atoms with Crippen molar-refractivity contribution in [1.29, 1.82) is 0 Å². The van der Waals surface area contributed by atoms with Crippen molar-refractivity contribution in [2.45, 2.75) is 25.1 Å². The second-order valence-electron chi connectivity index (χ2n) is 5.00. The van der Waals surface area contributed by atoms with Crippen molar-refractivity contribution in [2.75, 3.05) is 12.3 Å². The Morgan fingerprint density at radius 1 is 1.38 bits per heavy atom. The Labute approximate surface area is 117 Å². The number of nitrogen functional groups attached to an aromatic ring is 1. The molecule has 1 atom stereocenters. The zero-order valence-electron chi connectivity index (χ0n) is 10.9. The Morgan fingerprint density at radius 3 is 2.81 bits per heavy atom. The summed E-state index contributed by atoms with van der Waals surface area (Å²) in [7, 11) is 0. The summed E-state index contributed by atoms with van der Waals surface area (Å²) >= 11 is 0. The number of carbonyl (C=O) groups excluding carboxylic acids is 1. The van der Waals surface area contributed by atoms with Gasteiger partial charge in [-0.1, -0.05) is 0 Å². The first-order valence-electron chi connectivity index (χ1n) is 6.50. The van der Waals surface area contributed by atoms with Gasteiger partial charge >= 0.3 is 6.18 Å². The van der Waals surface area contributed by atoms with E-state index >= 15 is 0 Å². The highest BCUT2D eigenvalue weighted by atomic mass is 19.4. The van der Waals surface area contributed by atoms with Crippen LogP contribution in [0.5, 0.6) is 0 Å². The molecule has 1 amide bonds. The van der Waals surface area contributed by atoms with Crippen LogP contribution < -0.4 is 11.1 Å². The van der Waals surface area contributed by atoms with Crippen LogP contribution in [0.25, 0.3) is 11.0 Å². The van der Waals surface area contributed by atoms with E-state index in [0.29, 0.717) is 25.1 Å². The maximum atomic E-state index is 13.2. The summed E-state index contributed by atoms with van der Waals surface area (Å²) in [5.41, 5.74) is 6.32. The van der Waals surface area contributed by atoms with Gasteiger partial charge in [-0.05, 0) is 31.0 Å². The molecule has 112 valence electrons. The number of alkyl halides is 3. The van der Waals surface area contributed by atoms with Crippen LogP contribution in [-0.2, 0) is 11.0 Å². The molecule has 3 rings (SSSR count). The van der Waals surface area contributed by atoms with Crippen LogP contribution in [0.3, 0.4) is 0 Å². The van der Waals surface area contributed by atoms with Gasteiger partial charge in [-0.3, -0.25) is 4.79 Å². The van der Waals surface area contributed by atoms with E-state index in [1.165, 1.54) is 18.2 Å². The molecule has 3 N–H and O–H groups in total. The number of benzene rings is 1. The Balaban J connectivity index is 2.25. The van der Waals surface area contributed by atoms with Crippen molar-refractivity contribution in [3.63, 3.8) is 0 Å². The summed E-state index contributed by atoms with van der Waals surface area (Å²) in [6.45, 7) is 0.482. The number of piperidine rings is 1. The van der Waals surface area contributed by atoms with Gasteiger partial charge in [0.2, 0.25) is 11.7 Å². The Hall–Kier alpha value is -2.25. The number of halogens is 3. The van der Waals surface area contributed by atoms with Gasteiger partial charge in [-0.15, -0.1) is 0 Å². The molecule has 1 aromatic heterocycles. The number of fused-ring (bicyclic) bond motifs is 1. The van der Waals surface area contributed by atoms with Gasteiger partial charge in [0.25, 0.3) is 0 Å². The zero-order valence-corrected chi connectivity index (χ0v) is 10.9. The highest BCUT2D eigenvalue weighted by molar-refractivity contribution is 5.86. The third-order valence-electron chi connectivity index (χ3n) is 3.53. The maximum Gasteiger partial charge on any atom is 0.449 e. The molecule has 5 nitrogen and oxygen atoms in total. The van der Waals surface area contributed by atoms with E-state index in [9.17, 15) is 18.0 Å². The topological polar surface area (TPSA) is 72.9 Å². The molecule has 0 spiro atoms. The molecule has 2 heterocycles. The van der Waals surface area contributed by atoms with E-state index in [-0.39, 0.29) is 11.0 Å². The fourth-order valence-corrected chi connectivity index (χ4v) is 2.63. The number of carbonyl (C=O) groups is 1. The molecule has 8 heteroatoms. The average molecular weight is 298 g/mol. The number of hydrogen-bond donors (Lipinski definition) is 2. The molecule has 1 unspecified atom stereocenters. The fraction of sp³-hybridized carbons (Fsp3) is 0.385. The molecule has 0 radical (unpaired) electrons. The van der Waals surface area contributed by atoms with Crippen LogP contribution in [0.4, 0.5) is 18.9 Å². The van der Waals surface area contributed by atoms with Crippen molar-refractivity contribution < 1.29 is 18.0 Å². The van der Waals surface area contributed by atoms with Gasteiger partial charge in [0, 0.05) is 12.2 Å². The molecule has 1 fully saturated rings. The Morgan fingerprint density at radius 2 is 2.14 bits per heavy atom. The fourth-order valence-electron chi connectivity index (χ4n) is 2.63. The molecule has 2 aromatic rings. The lowest BCUT2D eigenvalue weighted by atomic mass is 10.1. The molecule has 0 bridgehead atoms. The number of rotatable bonds is 1. The van der Waals surface area contributed by atoms with Crippen molar-refractivity contribution >= 4 is 22.6 Å². The smallest absolute Gasteiger partial charge is 0.399 e. The minimum Gasteiger partial charge on any atom is -0.399 e. The van der Waals surface area contributed by atoms with Crippen molar-refractivity contribution in [2.24, 2.45) is 0 Å². The number of anilines is 1. The van der Waals surface area contributed by atoms with Crippen LogP contribution in [0.2, 0.25) is 0 Å². The zero-order chi connectivity index (χ0) is 15.2. The summed E-state index contributed by atoms with van der Waals surface area (Å²) in [6.07, 6.45) is -3.65. The third kappa shape index (κ3) is 2.30. The van der Waals surface area contributed by atoms with Gasteiger partial charge in [-0.2, -0.15) is 13.2 Å². The number of aromatic nitrogens is 2. The molecule has 1 aromatic carbocycles. The average Bonchev–Trinajstić information content (AvgIpc) is 2.77. The van der Waals surface area contributed by atoms with E-state index in [2.05, 4.69) is 10.3 Å².